The molecule has 0 radical (unpaired) electrons. The Bertz CT molecular complexity index is 641. The van der Waals surface area contributed by atoms with E-state index in [0.717, 1.165) is 5.56 Å². The zero-order valence-corrected chi connectivity index (χ0v) is 12.7. The highest BCUT2D eigenvalue weighted by molar-refractivity contribution is 7.98. The van der Waals surface area contributed by atoms with Gasteiger partial charge in [-0.3, -0.25) is 10.1 Å². The molecule has 2 aromatic rings. The second-order valence-corrected chi connectivity index (χ2v) is 5.91. The van der Waals surface area contributed by atoms with Gasteiger partial charge in [-0.15, -0.1) is 11.8 Å². The summed E-state index contributed by atoms with van der Waals surface area (Å²) in [6.45, 7) is 4.09. The van der Waals surface area contributed by atoms with Crippen LogP contribution in [-0.2, 0) is 5.75 Å². The first kappa shape index (κ1) is 14.8. The molecule has 1 aromatic heterocycles. The molecular formula is C14H13ClN2O2S. The Hall–Kier alpha value is -1.59. The van der Waals surface area contributed by atoms with Crippen LogP contribution in [-0.4, -0.2) is 9.91 Å². The van der Waals surface area contributed by atoms with Gasteiger partial charge in [0.15, 0.2) is 0 Å². The fraction of sp³-hybridized carbons (Fsp3) is 0.214. The molecule has 0 fully saturated rings. The van der Waals surface area contributed by atoms with Crippen LogP contribution in [0, 0.1) is 24.0 Å². The SMILES string of the molecule is Cc1cc(C)cc(CSc2cc([N+](=O)[O-])cc(Cl)n2)c1. The number of aryl methyl sites for hydroxylation is 2. The molecule has 20 heavy (non-hydrogen) atoms. The van der Waals surface area contributed by atoms with Crippen LogP contribution in [0.15, 0.2) is 35.4 Å². The summed E-state index contributed by atoms with van der Waals surface area (Å²) in [6, 6.07) is 9.00. The fourth-order valence-electron chi connectivity index (χ4n) is 1.95. The highest BCUT2D eigenvalue weighted by atomic mass is 35.5. The van der Waals surface area contributed by atoms with Crippen molar-refractivity contribution >= 4 is 29.1 Å². The first-order valence-corrected chi connectivity index (χ1v) is 7.32. The number of aromatic nitrogens is 1. The summed E-state index contributed by atoms with van der Waals surface area (Å²) in [4.78, 5) is 14.4. The van der Waals surface area contributed by atoms with Gasteiger partial charge in [0, 0.05) is 11.8 Å². The van der Waals surface area contributed by atoms with E-state index in [2.05, 4.69) is 23.2 Å². The lowest BCUT2D eigenvalue weighted by Gasteiger charge is -2.05. The standard InChI is InChI=1S/C14H13ClN2O2S/c1-9-3-10(2)5-11(4-9)8-20-14-7-12(17(18)19)6-13(15)16-14/h3-7H,8H2,1-2H3. The Morgan fingerprint density at radius 1 is 1.20 bits per heavy atom. The van der Waals surface area contributed by atoms with Gasteiger partial charge >= 0.3 is 0 Å². The van der Waals surface area contributed by atoms with Gasteiger partial charge in [-0.05, 0) is 19.4 Å². The van der Waals surface area contributed by atoms with Crippen LogP contribution >= 0.6 is 23.4 Å². The number of halogens is 1. The molecule has 0 aliphatic rings. The minimum absolute atomic E-state index is 0.0343. The van der Waals surface area contributed by atoms with Gasteiger partial charge in [0.05, 0.1) is 11.0 Å². The average Bonchev–Trinajstić information content (AvgIpc) is 2.34. The van der Waals surface area contributed by atoms with Gasteiger partial charge in [-0.2, -0.15) is 0 Å². The molecule has 6 heteroatoms. The maximum atomic E-state index is 10.8. The minimum atomic E-state index is -0.464. The second kappa shape index (κ2) is 6.24. The number of thioether (sulfide) groups is 1. The number of pyridine rings is 1. The molecule has 1 aromatic carbocycles. The predicted octanol–water partition coefficient (Wildman–Crippen LogP) is 4.55. The largest absolute Gasteiger partial charge is 0.275 e. The molecular weight excluding hydrogens is 296 g/mol. The quantitative estimate of drug-likeness (QED) is 0.360. The first-order valence-electron chi connectivity index (χ1n) is 5.96. The highest BCUT2D eigenvalue weighted by Gasteiger charge is 2.10. The fourth-order valence-corrected chi connectivity index (χ4v) is 3.05. The molecule has 2 rings (SSSR count). The molecule has 0 aliphatic carbocycles. The van der Waals surface area contributed by atoms with E-state index >= 15 is 0 Å². The van der Waals surface area contributed by atoms with Crippen molar-refractivity contribution in [3.05, 3.63) is 62.3 Å². The van der Waals surface area contributed by atoms with Gasteiger partial charge in [0.2, 0.25) is 0 Å². The number of nitrogens with zero attached hydrogens (tertiary/aromatic N) is 2. The average molecular weight is 309 g/mol. The van der Waals surface area contributed by atoms with Gasteiger partial charge in [0.25, 0.3) is 5.69 Å². The maximum absolute atomic E-state index is 10.8. The highest BCUT2D eigenvalue weighted by Crippen LogP contribution is 2.27. The van der Waals surface area contributed by atoms with Crippen LogP contribution in [0.1, 0.15) is 16.7 Å². The monoisotopic (exact) mass is 308 g/mol. The smallest absolute Gasteiger partial charge is 0.258 e. The van der Waals surface area contributed by atoms with Gasteiger partial charge in [-0.25, -0.2) is 4.98 Å². The third-order valence-corrected chi connectivity index (χ3v) is 3.81. The number of benzene rings is 1. The van der Waals surface area contributed by atoms with E-state index in [1.165, 1.54) is 35.0 Å². The Morgan fingerprint density at radius 3 is 2.45 bits per heavy atom. The summed E-state index contributed by atoms with van der Waals surface area (Å²) >= 11 is 7.23. The van der Waals surface area contributed by atoms with Crippen LogP contribution in [0.5, 0.6) is 0 Å². The van der Waals surface area contributed by atoms with E-state index in [0.29, 0.717) is 10.8 Å². The molecule has 104 valence electrons. The van der Waals surface area contributed by atoms with Crippen molar-refractivity contribution in [3.8, 4) is 0 Å². The number of hydrogen-bond acceptors (Lipinski definition) is 4. The van der Waals surface area contributed by atoms with Gasteiger partial charge in [-0.1, -0.05) is 40.9 Å². The summed E-state index contributed by atoms with van der Waals surface area (Å²) in [5, 5.41) is 11.5. The third-order valence-electron chi connectivity index (χ3n) is 2.63. The molecule has 4 nitrogen and oxygen atoms in total. The predicted molar refractivity (Wildman–Crippen MR) is 81.4 cm³/mol. The molecule has 0 saturated carbocycles. The van der Waals surface area contributed by atoms with Crippen LogP contribution < -0.4 is 0 Å². The van der Waals surface area contributed by atoms with Crippen LogP contribution in [0.2, 0.25) is 5.15 Å². The van der Waals surface area contributed by atoms with E-state index in [1.54, 1.807) is 0 Å². The number of nitro groups is 1. The zero-order valence-electron chi connectivity index (χ0n) is 11.1. The van der Waals surface area contributed by atoms with Gasteiger partial charge < -0.3 is 0 Å². The van der Waals surface area contributed by atoms with Crippen LogP contribution in [0.3, 0.4) is 0 Å². The normalized spacial score (nSPS) is 10.6. The molecule has 0 aliphatic heterocycles. The van der Waals surface area contributed by atoms with Crippen LogP contribution in [0.4, 0.5) is 5.69 Å². The molecule has 0 atom stereocenters. The first-order chi connectivity index (χ1) is 9.44. The Kier molecular flexibility index (Phi) is 4.62. The van der Waals surface area contributed by atoms with Crippen molar-refractivity contribution in [1.29, 1.82) is 0 Å². The lowest BCUT2D eigenvalue weighted by Crippen LogP contribution is -1.91. The van der Waals surface area contributed by atoms with E-state index in [1.807, 2.05) is 13.8 Å². The van der Waals surface area contributed by atoms with Crippen molar-refractivity contribution in [1.82, 2.24) is 4.98 Å². The minimum Gasteiger partial charge on any atom is -0.258 e. The number of rotatable bonds is 4. The lowest BCUT2D eigenvalue weighted by atomic mass is 10.1. The molecule has 0 bridgehead atoms. The third kappa shape index (κ3) is 3.95. The topological polar surface area (TPSA) is 56.0 Å². The molecule has 0 unspecified atom stereocenters. The Balaban J connectivity index is 2.16. The molecule has 0 N–H and O–H groups in total. The Morgan fingerprint density at radius 2 is 1.85 bits per heavy atom. The van der Waals surface area contributed by atoms with Crippen LogP contribution in [0.25, 0.3) is 0 Å². The van der Waals surface area contributed by atoms with Crippen molar-refractivity contribution in [2.24, 2.45) is 0 Å². The summed E-state index contributed by atoms with van der Waals surface area (Å²) in [5.41, 5.74) is 3.53. The van der Waals surface area contributed by atoms with E-state index in [9.17, 15) is 10.1 Å². The maximum Gasteiger partial charge on any atom is 0.275 e. The summed E-state index contributed by atoms with van der Waals surface area (Å²) in [5.74, 6) is 0.701. The summed E-state index contributed by atoms with van der Waals surface area (Å²) in [6.07, 6.45) is 0. The zero-order chi connectivity index (χ0) is 14.7. The molecule has 0 spiro atoms. The van der Waals surface area contributed by atoms with E-state index in [4.69, 9.17) is 11.6 Å². The molecule has 0 amide bonds. The van der Waals surface area contributed by atoms with Crippen molar-refractivity contribution in [3.63, 3.8) is 0 Å². The lowest BCUT2D eigenvalue weighted by molar-refractivity contribution is -0.385. The van der Waals surface area contributed by atoms with Crippen molar-refractivity contribution in [2.75, 3.05) is 0 Å². The molecule has 0 saturated heterocycles. The summed E-state index contributed by atoms with van der Waals surface area (Å²) < 4.78 is 0. The van der Waals surface area contributed by atoms with E-state index < -0.39 is 4.92 Å². The van der Waals surface area contributed by atoms with E-state index in [-0.39, 0.29) is 10.8 Å². The van der Waals surface area contributed by atoms with Crippen molar-refractivity contribution in [2.45, 2.75) is 24.6 Å². The number of hydrogen-bond donors (Lipinski definition) is 0. The molecule has 1 heterocycles. The van der Waals surface area contributed by atoms with Gasteiger partial charge in [0.1, 0.15) is 10.2 Å². The Labute approximate surface area is 126 Å². The second-order valence-electron chi connectivity index (χ2n) is 4.53. The summed E-state index contributed by atoms with van der Waals surface area (Å²) in [7, 11) is 0. The van der Waals surface area contributed by atoms with Crippen molar-refractivity contribution < 1.29 is 4.92 Å².